The van der Waals surface area contributed by atoms with Crippen LogP contribution in [0.15, 0.2) is 67.3 Å². The van der Waals surface area contributed by atoms with Gasteiger partial charge in [0.25, 0.3) is 5.91 Å². The quantitative estimate of drug-likeness (QED) is 0.449. The number of nitrogens with one attached hydrogen (secondary N) is 1. The molecule has 1 aliphatic rings. The molecular weight excluding hydrogens is 418 g/mol. The maximum Gasteiger partial charge on any atom is 0.254 e. The molecule has 166 valence electrons. The second kappa shape index (κ2) is 8.31. The molecule has 8 nitrogen and oxygen atoms in total. The van der Waals surface area contributed by atoms with Crippen molar-refractivity contribution in [2.75, 3.05) is 6.54 Å². The number of primary amides is 1. The molecule has 0 spiro atoms. The number of hydrogen-bond acceptors (Lipinski definition) is 4. The molecule has 2 aromatic carbocycles. The van der Waals surface area contributed by atoms with Crippen molar-refractivity contribution in [3.63, 3.8) is 0 Å². The zero-order valence-electron chi connectivity index (χ0n) is 18.0. The molecule has 1 aliphatic heterocycles. The van der Waals surface area contributed by atoms with Crippen molar-refractivity contribution in [1.82, 2.24) is 19.5 Å². The normalized spacial score (nSPS) is 13.0. The number of benzene rings is 2. The van der Waals surface area contributed by atoms with Crippen LogP contribution in [0.2, 0.25) is 0 Å². The van der Waals surface area contributed by atoms with Crippen molar-refractivity contribution in [2.45, 2.75) is 19.6 Å². The van der Waals surface area contributed by atoms with Crippen LogP contribution >= 0.6 is 0 Å². The first kappa shape index (κ1) is 20.6. The monoisotopic (exact) mass is 441 g/mol. The highest BCUT2D eigenvalue weighted by Gasteiger charge is 2.28. The lowest BCUT2D eigenvalue weighted by Crippen LogP contribution is -2.35. The van der Waals surface area contributed by atoms with Crippen LogP contribution in [0.3, 0.4) is 0 Å². The molecule has 8 heteroatoms. The lowest BCUT2D eigenvalue weighted by atomic mass is 10.1. The van der Waals surface area contributed by atoms with Gasteiger partial charge in [-0.3, -0.25) is 9.59 Å². The maximum atomic E-state index is 12.4. The highest BCUT2D eigenvalue weighted by atomic mass is 16.5. The summed E-state index contributed by atoms with van der Waals surface area (Å²) in [5.74, 6) is 0.0256. The molecule has 4 aromatic rings. The Hall–Kier alpha value is -4.33. The van der Waals surface area contributed by atoms with E-state index in [0.717, 1.165) is 28.3 Å². The van der Waals surface area contributed by atoms with Gasteiger partial charge in [0.15, 0.2) is 0 Å². The summed E-state index contributed by atoms with van der Waals surface area (Å²) in [5, 5.41) is 4.71. The number of nitrogens with zero attached hydrogens (tertiary/aromatic N) is 3. The molecule has 3 N–H and O–H groups in total. The summed E-state index contributed by atoms with van der Waals surface area (Å²) in [4.78, 5) is 29.3. The summed E-state index contributed by atoms with van der Waals surface area (Å²) in [6, 6.07) is 17.4. The SMILES string of the molecule is C=CC(=O)N1CCc2c([nH]c3c(C(N)=O)c(-c4ccc(OCc5ccccc5)cc4)nn23)C1. The zero-order valence-corrected chi connectivity index (χ0v) is 18.0. The number of rotatable bonds is 6. The van der Waals surface area contributed by atoms with Gasteiger partial charge in [-0.25, -0.2) is 4.52 Å². The van der Waals surface area contributed by atoms with Crippen molar-refractivity contribution >= 4 is 17.5 Å². The Labute approximate surface area is 190 Å². The van der Waals surface area contributed by atoms with E-state index in [9.17, 15) is 9.59 Å². The summed E-state index contributed by atoms with van der Waals surface area (Å²) in [5.41, 5.74) is 10.8. The van der Waals surface area contributed by atoms with E-state index in [-0.39, 0.29) is 5.91 Å². The van der Waals surface area contributed by atoms with Crippen LogP contribution < -0.4 is 10.5 Å². The molecule has 2 amide bonds. The molecular formula is C25H23N5O3. The molecule has 0 saturated heterocycles. The predicted octanol–water partition coefficient (Wildman–Crippen LogP) is 3.08. The van der Waals surface area contributed by atoms with Crippen LogP contribution in [0.1, 0.15) is 27.3 Å². The minimum absolute atomic E-state index is 0.127. The van der Waals surface area contributed by atoms with E-state index in [1.807, 2.05) is 54.6 Å². The summed E-state index contributed by atoms with van der Waals surface area (Å²) >= 11 is 0. The van der Waals surface area contributed by atoms with Gasteiger partial charge >= 0.3 is 0 Å². The number of carbonyl (C=O) groups excluding carboxylic acids is 2. The fraction of sp³-hybridized carbons (Fsp3) is 0.160. The predicted molar refractivity (Wildman–Crippen MR) is 124 cm³/mol. The van der Waals surface area contributed by atoms with E-state index in [2.05, 4.69) is 11.6 Å². The van der Waals surface area contributed by atoms with Crippen molar-refractivity contribution < 1.29 is 14.3 Å². The first-order chi connectivity index (χ1) is 16.0. The molecule has 0 radical (unpaired) electrons. The average Bonchev–Trinajstić information content (AvgIpc) is 3.38. The van der Waals surface area contributed by atoms with Crippen LogP contribution in [-0.2, 0) is 24.4 Å². The van der Waals surface area contributed by atoms with Gasteiger partial charge in [0.2, 0.25) is 5.91 Å². The molecule has 0 bridgehead atoms. The van der Waals surface area contributed by atoms with Gasteiger partial charge in [-0.2, -0.15) is 5.10 Å². The number of aromatic nitrogens is 3. The Morgan fingerprint density at radius 3 is 2.61 bits per heavy atom. The van der Waals surface area contributed by atoms with E-state index < -0.39 is 5.91 Å². The lowest BCUT2D eigenvalue weighted by molar-refractivity contribution is -0.126. The van der Waals surface area contributed by atoms with Crippen molar-refractivity contribution in [3.05, 3.63) is 89.8 Å². The molecule has 0 unspecified atom stereocenters. The number of carbonyl (C=O) groups is 2. The van der Waals surface area contributed by atoms with Crippen molar-refractivity contribution in [2.24, 2.45) is 5.73 Å². The second-order valence-corrected chi connectivity index (χ2v) is 7.91. The third kappa shape index (κ3) is 3.76. The number of H-pyrrole nitrogens is 1. The van der Waals surface area contributed by atoms with Crippen LogP contribution in [0.25, 0.3) is 16.9 Å². The standard InChI is InChI=1S/C25H23N5O3/c1-2-21(31)29-13-12-20-19(14-29)27-25-22(24(26)32)23(28-30(20)25)17-8-10-18(11-9-17)33-15-16-6-4-3-5-7-16/h2-11,27H,1,12-15H2,(H2,26,32). The van der Waals surface area contributed by atoms with Gasteiger partial charge in [-0.05, 0) is 35.9 Å². The van der Waals surface area contributed by atoms with Gasteiger partial charge < -0.3 is 20.4 Å². The Morgan fingerprint density at radius 1 is 1.15 bits per heavy atom. The highest BCUT2D eigenvalue weighted by Crippen LogP contribution is 2.30. The number of imidazole rings is 1. The van der Waals surface area contributed by atoms with Crippen LogP contribution in [0.5, 0.6) is 5.75 Å². The molecule has 0 saturated carbocycles. The number of hydrogen-bond donors (Lipinski definition) is 2. The molecule has 3 heterocycles. The number of fused-ring (bicyclic) bond motifs is 3. The molecule has 0 aliphatic carbocycles. The Balaban J connectivity index is 1.44. The molecule has 2 aromatic heterocycles. The van der Waals surface area contributed by atoms with Crippen LogP contribution in [0, 0.1) is 0 Å². The minimum atomic E-state index is -0.568. The van der Waals surface area contributed by atoms with E-state index in [0.29, 0.717) is 43.0 Å². The lowest BCUT2D eigenvalue weighted by Gasteiger charge is -2.25. The molecule has 5 rings (SSSR count). The summed E-state index contributed by atoms with van der Waals surface area (Å²) in [7, 11) is 0. The van der Waals surface area contributed by atoms with E-state index in [4.69, 9.17) is 15.6 Å². The van der Waals surface area contributed by atoms with Crippen molar-refractivity contribution in [3.8, 4) is 17.0 Å². The average molecular weight is 441 g/mol. The summed E-state index contributed by atoms with van der Waals surface area (Å²) < 4.78 is 7.59. The minimum Gasteiger partial charge on any atom is -0.489 e. The number of ether oxygens (including phenoxy) is 1. The van der Waals surface area contributed by atoms with Gasteiger partial charge in [0.05, 0.1) is 17.9 Å². The largest absolute Gasteiger partial charge is 0.489 e. The fourth-order valence-corrected chi connectivity index (χ4v) is 4.17. The number of amides is 2. The van der Waals surface area contributed by atoms with E-state index in [1.165, 1.54) is 6.08 Å². The maximum absolute atomic E-state index is 12.4. The van der Waals surface area contributed by atoms with Gasteiger partial charge in [-0.15, -0.1) is 0 Å². The Bertz CT molecular complexity index is 1350. The molecule has 0 atom stereocenters. The van der Waals surface area contributed by atoms with Crippen molar-refractivity contribution in [1.29, 1.82) is 0 Å². The Kier molecular flexibility index (Phi) is 5.18. The first-order valence-electron chi connectivity index (χ1n) is 10.7. The van der Waals surface area contributed by atoms with Gasteiger partial charge in [0.1, 0.15) is 29.3 Å². The van der Waals surface area contributed by atoms with E-state index in [1.54, 1.807) is 9.42 Å². The van der Waals surface area contributed by atoms with Gasteiger partial charge in [-0.1, -0.05) is 36.9 Å². The third-order valence-corrected chi connectivity index (χ3v) is 5.83. The van der Waals surface area contributed by atoms with Crippen LogP contribution in [-0.4, -0.2) is 37.9 Å². The second-order valence-electron chi connectivity index (χ2n) is 7.91. The fourth-order valence-electron chi connectivity index (χ4n) is 4.17. The smallest absolute Gasteiger partial charge is 0.254 e. The van der Waals surface area contributed by atoms with Crippen LogP contribution in [0.4, 0.5) is 0 Å². The molecule has 33 heavy (non-hydrogen) atoms. The topological polar surface area (TPSA) is 106 Å². The number of aromatic amines is 1. The van der Waals surface area contributed by atoms with Gasteiger partial charge in [0, 0.05) is 18.5 Å². The highest BCUT2D eigenvalue weighted by molar-refractivity contribution is 6.04. The summed E-state index contributed by atoms with van der Waals surface area (Å²) in [6.45, 7) is 4.98. The zero-order chi connectivity index (χ0) is 22.9. The van der Waals surface area contributed by atoms with E-state index >= 15 is 0 Å². The first-order valence-corrected chi connectivity index (χ1v) is 10.7. The third-order valence-electron chi connectivity index (χ3n) is 5.83. The number of nitrogens with two attached hydrogens (primary N) is 1. The Morgan fingerprint density at radius 2 is 1.91 bits per heavy atom. The summed E-state index contributed by atoms with van der Waals surface area (Å²) in [6.07, 6.45) is 1.92. The molecule has 0 fully saturated rings.